The van der Waals surface area contributed by atoms with Gasteiger partial charge in [-0.2, -0.15) is 15.2 Å². The summed E-state index contributed by atoms with van der Waals surface area (Å²) in [6, 6.07) is 4.34. The predicted molar refractivity (Wildman–Crippen MR) is 118 cm³/mol. The Bertz CT molecular complexity index is 1520. The summed E-state index contributed by atoms with van der Waals surface area (Å²) in [4.78, 5) is 29.2. The van der Waals surface area contributed by atoms with Gasteiger partial charge in [-0.05, 0) is 19.1 Å². The van der Waals surface area contributed by atoms with Crippen LogP contribution in [0.15, 0.2) is 35.4 Å². The van der Waals surface area contributed by atoms with Crippen LogP contribution in [-0.4, -0.2) is 24.5 Å². The van der Waals surface area contributed by atoms with E-state index in [1.54, 1.807) is 6.92 Å². The molecule has 0 unspecified atom stereocenters. The van der Waals surface area contributed by atoms with Crippen molar-refractivity contribution in [2.24, 2.45) is 0 Å². The lowest BCUT2D eigenvalue weighted by molar-refractivity contribution is 0.616. The van der Waals surface area contributed by atoms with Gasteiger partial charge in [-0.1, -0.05) is 11.6 Å². The lowest BCUT2D eigenvalue weighted by Gasteiger charge is -2.21. The van der Waals surface area contributed by atoms with Crippen molar-refractivity contribution in [1.82, 2.24) is 24.5 Å². The van der Waals surface area contributed by atoms with Crippen LogP contribution in [-0.2, 0) is 0 Å². The highest BCUT2D eigenvalue weighted by molar-refractivity contribution is 6.35. The van der Waals surface area contributed by atoms with Crippen molar-refractivity contribution in [3.63, 3.8) is 0 Å². The third-order valence-electron chi connectivity index (χ3n) is 4.71. The van der Waals surface area contributed by atoms with Crippen LogP contribution >= 0.6 is 11.6 Å². The smallest absolute Gasteiger partial charge is 0.267 e. The topological polar surface area (TPSA) is 161 Å². The van der Waals surface area contributed by atoms with Gasteiger partial charge in [-0.15, -0.1) is 0 Å². The number of halogens is 3. The molecule has 0 bridgehead atoms. The second-order valence-corrected chi connectivity index (χ2v) is 7.30. The van der Waals surface area contributed by atoms with Crippen LogP contribution in [0.25, 0.3) is 16.6 Å². The summed E-state index contributed by atoms with van der Waals surface area (Å²) in [7, 11) is 0. The van der Waals surface area contributed by atoms with Crippen LogP contribution in [0.3, 0.4) is 0 Å². The molecular formula is C20H14ClF2N9O. The number of pyridine rings is 1. The molecule has 4 rings (SSSR count). The van der Waals surface area contributed by atoms with Crippen molar-refractivity contribution in [3.05, 3.63) is 69.0 Å². The zero-order chi connectivity index (χ0) is 23.9. The summed E-state index contributed by atoms with van der Waals surface area (Å²) < 4.78 is 29.6. The maximum atomic E-state index is 14.6. The molecule has 0 saturated heterocycles. The van der Waals surface area contributed by atoms with Crippen LogP contribution < -0.4 is 22.3 Å². The number of hydrogen-bond donors (Lipinski definition) is 3. The number of anilines is 3. The molecule has 5 N–H and O–H groups in total. The molecule has 1 aromatic carbocycles. The van der Waals surface area contributed by atoms with E-state index < -0.39 is 23.2 Å². The first-order valence-electron chi connectivity index (χ1n) is 9.32. The number of fused-ring (bicyclic) bond motifs is 1. The molecule has 13 heteroatoms. The lowest BCUT2D eigenvalue weighted by atomic mass is 10.2. The van der Waals surface area contributed by atoms with Crippen LogP contribution in [0.5, 0.6) is 0 Å². The summed E-state index contributed by atoms with van der Waals surface area (Å²) in [5.41, 5.74) is 10.3. The molecule has 33 heavy (non-hydrogen) atoms. The van der Waals surface area contributed by atoms with Crippen LogP contribution in [0, 0.1) is 23.0 Å². The number of hydrogen-bond acceptors (Lipinski definition) is 9. The Balaban J connectivity index is 1.99. The van der Waals surface area contributed by atoms with Gasteiger partial charge < -0.3 is 16.8 Å². The molecule has 0 saturated carbocycles. The van der Waals surface area contributed by atoms with Crippen molar-refractivity contribution in [2.45, 2.75) is 13.0 Å². The summed E-state index contributed by atoms with van der Waals surface area (Å²) >= 11 is 6.16. The normalized spacial score (nSPS) is 11.8. The van der Waals surface area contributed by atoms with Gasteiger partial charge in [-0.25, -0.2) is 13.8 Å². The first kappa shape index (κ1) is 21.8. The standard InChI is InChI=1S/C20H14ClF2N9O/c1-8(28-17-11(5-24)16(25)30-20(26)31-17)18-29-15-13(23)3-2-12(21)14(15)19(33)32(18)10-4-9(22)6-27-7-10/h2-4,6-8H,1H3,(H5,25,26,28,30,31)/t8-/m0/s1. The minimum Gasteiger partial charge on any atom is -0.382 e. The Morgan fingerprint density at radius 2 is 1.97 bits per heavy atom. The Morgan fingerprint density at radius 1 is 1.21 bits per heavy atom. The molecule has 4 aromatic rings. The maximum absolute atomic E-state index is 14.6. The van der Waals surface area contributed by atoms with Gasteiger partial charge in [0.05, 0.1) is 34.5 Å². The third-order valence-corrected chi connectivity index (χ3v) is 5.02. The quantitative estimate of drug-likeness (QED) is 0.408. The van der Waals surface area contributed by atoms with E-state index in [0.29, 0.717) is 0 Å². The highest BCUT2D eigenvalue weighted by Gasteiger charge is 2.23. The van der Waals surface area contributed by atoms with E-state index >= 15 is 0 Å². The first-order chi connectivity index (χ1) is 15.7. The van der Waals surface area contributed by atoms with Gasteiger partial charge in [0, 0.05) is 6.07 Å². The number of benzene rings is 1. The molecule has 0 aliphatic heterocycles. The predicted octanol–water partition coefficient (Wildman–Crippen LogP) is 2.71. The summed E-state index contributed by atoms with van der Waals surface area (Å²) in [5.74, 6) is -1.91. The zero-order valence-corrected chi connectivity index (χ0v) is 17.6. The van der Waals surface area contributed by atoms with Crippen LogP contribution in [0.1, 0.15) is 24.4 Å². The van der Waals surface area contributed by atoms with Crippen molar-refractivity contribution < 1.29 is 8.78 Å². The third kappa shape index (κ3) is 3.85. The Labute approximate surface area is 189 Å². The van der Waals surface area contributed by atoms with Crippen LogP contribution in [0.2, 0.25) is 5.02 Å². The minimum absolute atomic E-state index is 0.0279. The number of nitrogens with one attached hydrogen (secondary N) is 1. The SMILES string of the molecule is C[C@H](Nc1nc(N)nc(N)c1C#N)c1nc2c(F)ccc(Cl)c2c(=O)n1-c1cncc(F)c1. The Kier molecular flexibility index (Phi) is 5.49. The average Bonchev–Trinajstić information content (AvgIpc) is 2.75. The van der Waals surface area contributed by atoms with E-state index in [1.807, 2.05) is 6.07 Å². The van der Waals surface area contributed by atoms with Gasteiger partial charge >= 0.3 is 0 Å². The molecule has 0 spiro atoms. The van der Waals surface area contributed by atoms with Gasteiger partial charge in [-0.3, -0.25) is 14.3 Å². The molecular weight excluding hydrogens is 456 g/mol. The molecule has 0 fully saturated rings. The maximum Gasteiger partial charge on any atom is 0.267 e. The largest absolute Gasteiger partial charge is 0.382 e. The minimum atomic E-state index is -0.885. The number of nitrogens with zero attached hydrogens (tertiary/aromatic N) is 6. The highest BCUT2D eigenvalue weighted by atomic mass is 35.5. The van der Waals surface area contributed by atoms with Crippen LogP contribution in [0.4, 0.5) is 26.4 Å². The molecule has 166 valence electrons. The number of nitriles is 1. The fraction of sp³-hybridized carbons (Fsp3) is 0.100. The monoisotopic (exact) mass is 469 g/mol. The van der Waals surface area contributed by atoms with E-state index in [4.69, 9.17) is 23.1 Å². The van der Waals surface area contributed by atoms with Gasteiger partial charge in [0.2, 0.25) is 5.95 Å². The highest BCUT2D eigenvalue weighted by Crippen LogP contribution is 2.27. The van der Waals surface area contributed by atoms with Crippen molar-refractivity contribution in [1.29, 1.82) is 5.26 Å². The zero-order valence-electron chi connectivity index (χ0n) is 16.8. The molecule has 0 aliphatic rings. The van der Waals surface area contributed by atoms with Crippen molar-refractivity contribution >= 4 is 40.1 Å². The Hall–Kier alpha value is -4.37. The summed E-state index contributed by atoms with van der Waals surface area (Å²) in [6.07, 6.45) is 2.20. The van der Waals surface area contributed by atoms with Gasteiger partial charge in [0.15, 0.2) is 5.82 Å². The Morgan fingerprint density at radius 3 is 2.67 bits per heavy atom. The first-order valence-corrected chi connectivity index (χ1v) is 9.70. The van der Waals surface area contributed by atoms with E-state index in [9.17, 15) is 18.8 Å². The molecule has 0 radical (unpaired) electrons. The molecule has 3 heterocycles. The fourth-order valence-electron chi connectivity index (χ4n) is 3.28. The molecule has 10 nitrogen and oxygen atoms in total. The van der Waals surface area contributed by atoms with E-state index in [1.165, 1.54) is 12.3 Å². The summed E-state index contributed by atoms with van der Waals surface area (Å²) in [5, 5.41) is 12.1. The average molecular weight is 470 g/mol. The second-order valence-electron chi connectivity index (χ2n) is 6.89. The number of nitrogen functional groups attached to an aromatic ring is 2. The lowest BCUT2D eigenvalue weighted by Crippen LogP contribution is -2.28. The molecule has 0 aliphatic carbocycles. The summed E-state index contributed by atoms with van der Waals surface area (Å²) in [6.45, 7) is 1.56. The molecule has 0 amide bonds. The van der Waals surface area contributed by atoms with Crippen molar-refractivity contribution in [2.75, 3.05) is 16.8 Å². The number of nitrogens with two attached hydrogens (primary N) is 2. The van der Waals surface area contributed by atoms with E-state index in [-0.39, 0.29) is 50.6 Å². The molecule has 1 atom stereocenters. The van der Waals surface area contributed by atoms with E-state index in [0.717, 1.165) is 22.9 Å². The van der Waals surface area contributed by atoms with E-state index in [2.05, 4.69) is 25.3 Å². The molecule has 3 aromatic heterocycles. The van der Waals surface area contributed by atoms with Gasteiger partial charge in [0.25, 0.3) is 5.56 Å². The van der Waals surface area contributed by atoms with Crippen molar-refractivity contribution in [3.8, 4) is 11.8 Å². The fourth-order valence-corrected chi connectivity index (χ4v) is 3.51. The number of aromatic nitrogens is 5. The van der Waals surface area contributed by atoms with Gasteiger partial charge in [0.1, 0.15) is 40.4 Å². The number of rotatable bonds is 4. The second kappa shape index (κ2) is 8.29.